The van der Waals surface area contributed by atoms with Crippen LogP contribution in [0.4, 0.5) is 0 Å². The molecule has 1 fully saturated rings. The van der Waals surface area contributed by atoms with Crippen molar-refractivity contribution in [3.8, 4) is 0 Å². The molecule has 5 heteroatoms. The molecule has 0 atom stereocenters. The Morgan fingerprint density at radius 2 is 2.21 bits per heavy atom. The molecule has 5 nitrogen and oxygen atoms in total. The molecule has 0 aromatic carbocycles. The number of nitrogens with zero attached hydrogens (tertiary/aromatic N) is 2. The van der Waals surface area contributed by atoms with E-state index in [1.807, 2.05) is 24.4 Å². The predicted octanol–water partition coefficient (Wildman–Crippen LogP) is 1.37. The van der Waals surface area contributed by atoms with Gasteiger partial charge in [0.2, 0.25) is 0 Å². The lowest BCUT2D eigenvalue weighted by molar-refractivity contribution is 0.0840. The van der Waals surface area contributed by atoms with Crippen molar-refractivity contribution >= 4 is 11.4 Å². The van der Waals surface area contributed by atoms with E-state index in [-0.39, 0.29) is 12.5 Å². The third kappa shape index (κ3) is 2.10. The van der Waals surface area contributed by atoms with Crippen molar-refractivity contribution in [3.05, 3.63) is 36.2 Å². The highest BCUT2D eigenvalue weighted by molar-refractivity contribution is 6.01. The van der Waals surface area contributed by atoms with E-state index in [1.54, 1.807) is 10.7 Å². The zero-order chi connectivity index (χ0) is 13.3. The van der Waals surface area contributed by atoms with Gasteiger partial charge in [0.05, 0.1) is 29.4 Å². The minimum atomic E-state index is -0.444. The Balaban J connectivity index is 1.88. The first-order chi connectivity index (χ1) is 9.24. The molecule has 3 rings (SSSR count). The Morgan fingerprint density at radius 1 is 1.42 bits per heavy atom. The number of carbonyl (C=O) groups is 1. The van der Waals surface area contributed by atoms with E-state index < -0.39 is 5.54 Å². The summed E-state index contributed by atoms with van der Waals surface area (Å²) >= 11 is 0. The number of rotatable bonds is 3. The molecule has 2 heterocycles. The minimum absolute atomic E-state index is 0.00203. The third-order valence-corrected chi connectivity index (χ3v) is 3.91. The smallest absolute Gasteiger partial charge is 0.255 e. The summed E-state index contributed by atoms with van der Waals surface area (Å²) in [5.41, 5.74) is 0.895. The number of aliphatic hydroxyl groups is 1. The van der Waals surface area contributed by atoms with Crippen molar-refractivity contribution in [1.82, 2.24) is 14.9 Å². The van der Waals surface area contributed by atoms with Crippen LogP contribution >= 0.6 is 0 Å². The largest absolute Gasteiger partial charge is 0.394 e. The van der Waals surface area contributed by atoms with E-state index in [9.17, 15) is 9.90 Å². The lowest BCUT2D eigenvalue weighted by Crippen LogP contribution is -2.49. The number of aliphatic hydroxyl groups excluding tert-OH is 1. The molecule has 0 aliphatic heterocycles. The number of pyridine rings is 1. The maximum Gasteiger partial charge on any atom is 0.255 e. The van der Waals surface area contributed by atoms with Crippen LogP contribution in [0.2, 0.25) is 0 Å². The average molecular weight is 259 g/mol. The second-order valence-corrected chi connectivity index (χ2v) is 5.19. The van der Waals surface area contributed by atoms with Crippen LogP contribution in [0.5, 0.6) is 0 Å². The zero-order valence-electron chi connectivity index (χ0n) is 10.7. The lowest BCUT2D eigenvalue weighted by Gasteiger charge is -2.27. The molecule has 1 aliphatic carbocycles. The summed E-state index contributed by atoms with van der Waals surface area (Å²) in [6, 6.07) is 5.61. The van der Waals surface area contributed by atoms with E-state index in [4.69, 9.17) is 0 Å². The zero-order valence-corrected chi connectivity index (χ0v) is 10.7. The SMILES string of the molecule is O=C(NC1(CO)CCCC1)c1cnn2ccccc12. The summed E-state index contributed by atoms with van der Waals surface area (Å²) in [7, 11) is 0. The standard InChI is InChI=1S/C14H17N3O2/c18-10-14(6-2-3-7-14)16-13(19)11-9-15-17-8-4-1-5-12(11)17/h1,4-5,8-9,18H,2-3,6-7,10H2,(H,16,19). The van der Waals surface area contributed by atoms with E-state index >= 15 is 0 Å². The van der Waals surface area contributed by atoms with Crippen molar-refractivity contribution in [3.63, 3.8) is 0 Å². The summed E-state index contributed by atoms with van der Waals surface area (Å²) in [4.78, 5) is 12.4. The topological polar surface area (TPSA) is 66.6 Å². The number of aromatic nitrogens is 2. The van der Waals surface area contributed by atoms with Crippen LogP contribution in [-0.2, 0) is 0 Å². The van der Waals surface area contributed by atoms with Crippen LogP contribution in [0.3, 0.4) is 0 Å². The first-order valence-corrected chi connectivity index (χ1v) is 6.60. The van der Waals surface area contributed by atoms with Crippen LogP contribution < -0.4 is 5.32 Å². The number of hydrogen-bond donors (Lipinski definition) is 2. The van der Waals surface area contributed by atoms with Gasteiger partial charge >= 0.3 is 0 Å². The Morgan fingerprint density at radius 3 is 2.95 bits per heavy atom. The molecule has 2 aromatic heterocycles. The van der Waals surface area contributed by atoms with E-state index in [0.717, 1.165) is 31.2 Å². The Kier molecular flexibility index (Phi) is 2.98. The van der Waals surface area contributed by atoms with Gasteiger partial charge in [0.1, 0.15) is 0 Å². The number of nitrogens with one attached hydrogen (secondary N) is 1. The number of carbonyl (C=O) groups excluding carboxylic acids is 1. The second kappa shape index (κ2) is 4.66. The fourth-order valence-electron chi connectivity index (χ4n) is 2.79. The number of hydrogen-bond acceptors (Lipinski definition) is 3. The van der Waals surface area contributed by atoms with Gasteiger partial charge < -0.3 is 10.4 Å². The summed E-state index contributed by atoms with van der Waals surface area (Å²) in [5.74, 6) is -0.155. The van der Waals surface area contributed by atoms with E-state index in [2.05, 4.69) is 10.4 Å². The van der Waals surface area contributed by atoms with Gasteiger partial charge in [-0.15, -0.1) is 0 Å². The molecular weight excluding hydrogens is 242 g/mol. The van der Waals surface area contributed by atoms with Crippen LogP contribution in [0.1, 0.15) is 36.0 Å². The van der Waals surface area contributed by atoms with Crippen molar-refractivity contribution in [2.45, 2.75) is 31.2 Å². The van der Waals surface area contributed by atoms with Crippen molar-refractivity contribution in [2.75, 3.05) is 6.61 Å². The van der Waals surface area contributed by atoms with Crippen LogP contribution in [-0.4, -0.2) is 32.8 Å². The minimum Gasteiger partial charge on any atom is -0.394 e. The van der Waals surface area contributed by atoms with Gasteiger partial charge in [-0.3, -0.25) is 4.79 Å². The molecule has 0 radical (unpaired) electrons. The fourth-order valence-corrected chi connectivity index (χ4v) is 2.79. The highest BCUT2D eigenvalue weighted by Crippen LogP contribution is 2.29. The third-order valence-electron chi connectivity index (χ3n) is 3.91. The Labute approximate surface area is 111 Å². The molecule has 1 aliphatic rings. The summed E-state index contributed by atoms with van der Waals surface area (Å²) in [5, 5.41) is 16.7. The van der Waals surface area contributed by atoms with Crippen molar-refractivity contribution < 1.29 is 9.90 Å². The normalized spacial score (nSPS) is 17.7. The number of fused-ring (bicyclic) bond motifs is 1. The summed E-state index contributed by atoms with van der Waals surface area (Å²) in [6.45, 7) is -0.00203. The lowest BCUT2D eigenvalue weighted by atomic mass is 9.98. The highest BCUT2D eigenvalue weighted by atomic mass is 16.3. The highest BCUT2D eigenvalue weighted by Gasteiger charge is 2.35. The van der Waals surface area contributed by atoms with Gasteiger partial charge in [-0.05, 0) is 25.0 Å². The Hall–Kier alpha value is -1.88. The van der Waals surface area contributed by atoms with Gasteiger partial charge in [0, 0.05) is 6.20 Å². The molecule has 0 bridgehead atoms. The van der Waals surface area contributed by atoms with E-state index in [0.29, 0.717) is 5.56 Å². The predicted molar refractivity (Wildman–Crippen MR) is 70.9 cm³/mol. The van der Waals surface area contributed by atoms with Gasteiger partial charge in [0.25, 0.3) is 5.91 Å². The average Bonchev–Trinajstić information content (AvgIpc) is 3.05. The summed E-state index contributed by atoms with van der Waals surface area (Å²) < 4.78 is 1.68. The molecule has 100 valence electrons. The molecule has 19 heavy (non-hydrogen) atoms. The first-order valence-electron chi connectivity index (χ1n) is 6.60. The molecule has 2 aromatic rings. The van der Waals surface area contributed by atoms with Crippen molar-refractivity contribution in [1.29, 1.82) is 0 Å². The molecule has 1 saturated carbocycles. The summed E-state index contributed by atoms with van der Waals surface area (Å²) in [6.07, 6.45) is 7.17. The molecule has 0 saturated heterocycles. The van der Waals surface area contributed by atoms with Crippen LogP contribution in [0.25, 0.3) is 5.52 Å². The number of amides is 1. The van der Waals surface area contributed by atoms with Gasteiger partial charge in [-0.25, -0.2) is 4.52 Å². The first kappa shape index (κ1) is 12.2. The maximum absolute atomic E-state index is 12.4. The quantitative estimate of drug-likeness (QED) is 0.875. The van der Waals surface area contributed by atoms with Gasteiger partial charge in [0.15, 0.2) is 0 Å². The van der Waals surface area contributed by atoms with Gasteiger partial charge in [-0.2, -0.15) is 5.10 Å². The monoisotopic (exact) mass is 259 g/mol. The molecule has 0 unspecified atom stereocenters. The molecular formula is C14H17N3O2. The molecule has 0 spiro atoms. The van der Waals surface area contributed by atoms with Crippen molar-refractivity contribution in [2.24, 2.45) is 0 Å². The fraction of sp³-hybridized carbons (Fsp3) is 0.429. The Bertz CT molecular complexity index is 600. The van der Waals surface area contributed by atoms with Crippen LogP contribution in [0.15, 0.2) is 30.6 Å². The van der Waals surface area contributed by atoms with Crippen LogP contribution in [0, 0.1) is 0 Å². The van der Waals surface area contributed by atoms with Gasteiger partial charge in [-0.1, -0.05) is 18.9 Å². The maximum atomic E-state index is 12.4. The molecule has 2 N–H and O–H groups in total. The van der Waals surface area contributed by atoms with E-state index in [1.165, 1.54) is 0 Å². The molecule has 1 amide bonds. The second-order valence-electron chi connectivity index (χ2n) is 5.19.